The standard InChI is InChI=1S/C15H13FN2O3/c16-11-6-4-10(5-7-11)14(9-15(17)20)18-21-13-3-1-2-12(19)8-13/h1-8,19H,9H2,(H2,17,20)/b18-14+. The highest BCUT2D eigenvalue weighted by Crippen LogP contribution is 2.18. The third-order valence-electron chi connectivity index (χ3n) is 2.60. The van der Waals surface area contributed by atoms with Crippen molar-refractivity contribution < 1.29 is 19.1 Å². The van der Waals surface area contributed by atoms with Gasteiger partial charge in [0.2, 0.25) is 5.91 Å². The van der Waals surface area contributed by atoms with Gasteiger partial charge in [-0.05, 0) is 24.3 Å². The Hall–Kier alpha value is -2.89. The predicted octanol–water partition coefficient (Wildman–Crippen LogP) is 2.19. The molecule has 2 aromatic rings. The van der Waals surface area contributed by atoms with Crippen LogP contribution in [0.3, 0.4) is 0 Å². The summed E-state index contributed by atoms with van der Waals surface area (Å²) in [7, 11) is 0. The average molecular weight is 288 g/mol. The van der Waals surface area contributed by atoms with Gasteiger partial charge in [-0.2, -0.15) is 0 Å². The predicted molar refractivity (Wildman–Crippen MR) is 75.5 cm³/mol. The quantitative estimate of drug-likeness (QED) is 0.653. The van der Waals surface area contributed by atoms with Crippen LogP contribution in [-0.2, 0) is 4.79 Å². The van der Waals surface area contributed by atoms with Gasteiger partial charge in [-0.25, -0.2) is 4.39 Å². The smallest absolute Gasteiger partial charge is 0.223 e. The van der Waals surface area contributed by atoms with Crippen molar-refractivity contribution in [3.63, 3.8) is 0 Å². The van der Waals surface area contributed by atoms with Crippen LogP contribution < -0.4 is 10.6 Å². The van der Waals surface area contributed by atoms with Gasteiger partial charge in [0.15, 0.2) is 5.75 Å². The monoisotopic (exact) mass is 288 g/mol. The molecule has 0 radical (unpaired) electrons. The molecule has 108 valence electrons. The molecule has 0 heterocycles. The van der Waals surface area contributed by atoms with E-state index in [-0.39, 0.29) is 17.9 Å². The number of rotatable bonds is 5. The van der Waals surface area contributed by atoms with E-state index in [0.29, 0.717) is 11.3 Å². The SMILES string of the molecule is NC(=O)C/C(=N\Oc1cccc(O)c1)c1ccc(F)cc1. The Morgan fingerprint density at radius 2 is 1.95 bits per heavy atom. The molecule has 2 aromatic carbocycles. The number of nitrogens with zero attached hydrogens (tertiary/aromatic N) is 1. The summed E-state index contributed by atoms with van der Waals surface area (Å²) >= 11 is 0. The number of carbonyl (C=O) groups is 1. The fourth-order valence-electron chi connectivity index (χ4n) is 1.64. The first-order chi connectivity index (χ1) is 10.0. The van der Waals surface area contributed by atoms with E-state index in [9.17, 15) is 14.3 Å². The first-order valence-corrected chi connectivity index (χ1v) is 6.12. The number of phenolic OH excluding ortho intramolecular Hbond substituents is 1. The van der Waals surface area contributed by atoms with Gasteiger partial charge < -0.3 is 15.7 Å². The summed E-state index contributed by atoms with van der Waals surface area (Å²) < 4.78 is 12.9. The molecule has 0 unspecified atom stereocenters. The zero-order chi connectivity index (χ0) is 15.2. The molecule has 1 amide bonds. The van der Waals surface area contributed by atoms with Crippen LogP contribution in [0.5, 0.6) is 11.5 Å². The fourth-order valence-corrected chi connectivity index (χ4v) is 1.64. The van der Waals surface area contributed by atoms with Gasteiger partial charge in [-0.1, -0.05) is 23.4 Å². The van der Waals surface area contributed by atoms with Crippen molar-refractivity contribution in [1.82, 2.24) is 0 Å². The third kappa shape index (κ3) is 4.31. The second-order valence-corrected chi connectivity index (χ2v) is 4.28. The minimum Gasteiger partial charge on any atom is -0.508 e. The molecule has 0 saturated heterocycles. The topological polar surface area (TPSA) is 84.9 Å². The Kier molecular flexibility index (Phi) is 4.50. The summed E-state index contributed by atoms with van der Waals surface area (Å²) in [6.45, 7) is 0. The second kappa shape index (κ2) is 6.51. The second-order valence-electron chi connectivity index (χ2n) is 4.28. The molecule has 5 nitrogen and oxygen atoms in total. The summed E-state index contributed by atoms with van der Waals surface area (Å²) in [5, 5.41) is 13.2. The number of oxime groups is 1. The van der Waals surface area contributed by atoms with E-state index in [4.69, 9.17) is 10.6 Å². The first-order valence-electron chi connectivity index (χ1n) is 6.12. The van der Waals surface area contributed by atoms with E-state index < -0.39 is 11.7 Å². The molecular weight excluding hydrogens is 275 g/mol. The summed E-state index contributed by atoms with van der Waals surface area (Å²) in [5.74, 6) is -0.649. The van der Waals surface area contributed by atoms with Gasteiger partial charge >= 0.3 is 0 Å². The molecule has 0 aliphatic rings. The number of hydrogen-bond acceptors (Lipinski definition) is 4. The Morgan fingerprint density at radius 1 is 1.24 bits per heavy atom. The van der Waals surface area contributed by atoms with E-state index in [2.05, 4.69) is 5.16 Å². The number of phenols is 1. The van der Waals surface area contributed by atoms with Gasteiger partial charge in [0.1, 0.15) is 11.6 Å². The zero-order valence-electron chi connectivity index (χ0n) is 11.0. The van der Waals surface area contributed by atoms with Gasteiger partial charge in [0.25, 0.3) is 0 Å². The van der Waals surface area contributed by atoms with Gasteiger partial charge in [0, 0.05) is 11.6 Å². The molecule has 2 rings (SSSR count). The molecule has 0 atom stereocenters. The Balaban J connectivity index is 2.24. The van der Waals surface area contributed by atoms with Crippen LogP contribution in [0, 0.1) is 5.82 Å². The summed E-state index contributed by atoms with van der Waals surface area (Å²) in [5.41, 5.74) is 5.96. The number of benzene rings is 2. The minimum atomic E-state index is -0.586. The number of nitrogens with two attached hydrogens (primary N) is 1. The Morgan fingerprint density at radius 3 is 2.57 bits per heavy atom. The van der Waals surface area contributed by atoms with Crippen LogP contribution in [0.15, 0.2) is 53.7 Å². The molecule has 3 N–H and O–H groups in total. The van der Waals surface area contributed by atoms with Crippen molar-refractivity contribution in [1.29, 1.82) is 0 Å². The van der Waals surface area contributed by atoms with Crippen molar-refractivity contribution in [2.75, 3.05) is 0 Å². The van der Waals surface area contributed by atoms with Crippen molar-refractivity contribution in [3.8, 4) is 11.5 Å². The number of halogens is 1. The largest absolute Gasteiger partial charge is 0.508 e. The van der Waals surface area contributed by atoms with Crippen LogP contribution in [-0.4, -0.2) is 16.7 Å². The molecule has 6 heteroatoms. The first kappa shape index (κ1) is 14.5. The maximum Gasteiger partial charge on any atom is 0.223 e. The van der Waals surface area contributed by atoms with Crippen molar-refractivity contribution in [3.05, 3.63) is 59.9 Å². The maximum absolute atomic E-state index is 12.9. The van der Waals surface area contributed by atoms with E-state index in [1.54, 1.807) is 12.1 Å². The number of aromatic hydroxyl groups is 1. The molecule has 0 aliphatic heterocycles. The van der Waals surface area contributed by atoms with Crippen molar-refractivity contribution in [2.24, 2.45) is 10.9 Å². The summed E-state index contributed by atoms with van der Waals surface area (Å²) in [4.78, 5) is 16.2. The maximum atomic E-state index is 12.9. The minimum absolute atomic E-state index is 0.0286. The molecule has 0 fully saturated rings. The lowest BCUT2D eigenvalue weighted by Gasteiger charge is -2.05. The Bertz CT molecular complexity index is 669. The molecule has 0 spiro atoms. The lowest BCUT2D eigenvalue weighted by molar-refractivity contribution is -0.116. The zero-order valence-corrected chi connectivity index (χ0v) is 11.0. The van der Waals surface area contributed by atoms with Crippen LogP contribution in [0.4, 0.5) is 4.39 Å². The molecule has 0 saturated carbocycles. The lowest BCUT2D eigenvalue weighted by Crippen LogP contribution is -2.17. The number of hydrogen-bond donors (Lipinski definition) is 2. The van der Waals surface area contributed by atoms with Crippen molar-refractivity contribution >= 4 is 11.6 Å². The Labute approximate surface area is 120 Å². The number of amides is 1. The number of primary amides is 1. The van der Waals surface area contributed by atoms with Crippen LogP contribution in [0.25, 0.3) is 0 Å². The highest BCUT2D eigenvalue weighted by molar-refractivity contribution is 6.09. The van der Waals surface area contributed by atoms with Crippen molar-refractivity contribution in [2.45, 2.75) is 6.42 Å². The van der Waals surface area contributed by atoms with E-state index in [0.717, 1.165) is 0 Å². The van der Waals surface area contributed by atoms with Gasteiger partial charge in [-0.15, -0.1) is 0 Å². The molecule has 0 aromatic heterocycles. The van der Waals surface area contributed by atoms with Gasteiger partial charge in [0.05, 0.1) is 12.1 Å². The summed E-state index contributed by atoms with van der Waals surface area (Å²) in [6, 6.07) is 11.5. The number of carbonyl (C=O) groups excluding carboxylic acids is 1. The molecule has 0 bridgehead atoms. The molecular formula is C15H13FN2O3. The van der Waals surface area contributed by atoms with Crippen LogP contribution in [0.2, 0.25) is 0 Å². The van der Waals surface area contributed by atoms with Gasteiger partial charge in [-0.3, -0.25) is 4.79 Å². The average Bonchev–Trinajstić information content (AvgIpc) is 2.44. The normalized spacial score (nSPS) is 11.2. The molecule has 21 heavy (non-hydrogen) atoms. The van der Waals surface area contributed by atoms with E-state index >= 15 is 0 Å². The lowest BCUT2D eigenvalue weighted by atomic mass is 10.1. The fraction of sp³-hybridized carbons (Fsp3) is 0.0667. The summed E-state index contributed by atoms with van der Waals surface area (Å²) in [6.07, 6.45) is -0.148. The highest BCUT2D eigenvalue weighted by atomic mass is 19.1. The highest BCUT2D eigenvalue weighted by Gasteiger charge is 2.09. The van der Waals surface area contributed by atoms with E-state index in [1.807, 2.05) is 0 Å². The molecule has 0 aliphatic carbocycles. The van der Waals surface area contributed by atoms with E-state index in [1.165, 1.54) is 36.4 Å². The van der Waals surface area contributed by atoms with Crippen LogP contribution >= 0.6 is 0 Å². The van der Waals surface area contributed by atoms with Crippen LogP contribution in [0.1, 0.15) is 12.0 Å². The third-order valence-corrected chi connectivity index (χ3v) is 2.60.